The molecule has 0 fully saturated rings. The van der Waals surface area contributed by atoms with Crippen LogP contribution >= 0.6 is 11.3 Å². The number of imidazole rings is 1. The molecule has 4 rings (SSSR count). The van der Waals surface area contributed by atoms with Gasteiger partial charge in [-0.15, -0.1) is 11.3 Å². The van der Waals surface area contributed by atoms with Crippen LogP contribution in [0.15, 0.2) is 36.0 Å². The van der Waals surface area contributed by atoms with E-state index in [0.717, 1.165) is 10.7 Å². The van der Waals surface area contributed by atoms with Crippen LogP contribution in [0.4, 0.5) is 0 Å². The number of nitrogens with zero attached hydrogens (tertiary/aromatic N) is 2. The van der Waals surface area contributed by atoms with E-state index >= 15 is 0 Å². The Morgan fingerprint density at radius 3 is 3.05 bits per heavy atom. The van der Waals surface area contributed by atoms with E-state index < -0.39 is 0 Å². The third kappa shape index (κ3) is 2.39. The van der Waals surface area contributed by atoms with Gasteiger partial charge in [-0.25, -0.2) is 4.98 Å². The fourth-order valence-electron chi connectivity index (χ4n) is 2.32. The van der Waals surface area contributed by atoms with Crippen molar-refractivity contribution in [2.45, 2.75) is 6.54 Å². The molecule has 1 N–H and O–H groups in total. The van der Waals surface area contributed by atoms with Gasteiger partial charge in [-0.3, -0.25) is 9.20 Å². The molecule has 0 atom stereocenters. The van der Waals surface area contributed by atoms with Gasteiger partial charge in [0.2, 0.25) is 0 Å². The zero-order valence-electron chi connectivity index (χ0n) is 11.6. The van der Waals surface area contributed by atoms with Gasteiger partial charge in [0.15, 0.2) is 16.5 Å². The van der Waals surface area contributed by atoms with E-state index in [2.05, 4.69) is 10.3 Å². The summed E-state index contributed by atoms with van der Waals surface area (Å²) in [5.74, 6) is 1.13. The smallest absolute Gasteiger partial charge is 0.251 e. The molecule has 1 aliphatic heterocycles. The van der Waals surface area contributed by atoms with E-state index in [-0.39, 0.29) is 5.91 Å². The van der Waals surface area contributed by atoms with Crippen molar-refractivity contribution in [1.82, 2.24) is 14.7 Å². The van der Waals surface area contributed by atoms with Crippen LogP contribution < -0.4 is 14.8 Å². The van der Waals surface area contributed by atoms with Crippen molar-refractivity contribution in [3.63, 3.8) is 0 Å². The third-order valence-electron chi connectivity index (χ3n) is 3.38. The molecule has 7 heteroatoms. The number of nitrogens with one attached hydrogen (secondary N) is 1. The normalized spacial score (nSPS) is 13.3. The van der Waals surface area contributed by atoms with Crippen LogP contribution in [-0.2, 0) is 6.54 Å². The first-order chi connectivity index (χ1) is 10.8. The molecule has 1 aliphatic rings. The Labute approximate surface area is 130 Å². The Bertz CT molecular complexity index is 811. The van der Waals surface area contributed by atoms with E-state index in [1.54, 1.807) is 29.5 Å². The second kappa shape index (κ2) is 5.34. The number of thiazole rings is 1. The number of benzene rings is 1. The van der Waals surface area contributed by atoms with Crippen LogP contribution in [-0.4, -0.2) is 28.5 Å². The molecule has 0 unspecified atom stereocenters. The maximum Gasteiger partial charge on any atom is 0.251 e. The number of rotatable bonds is 3. The zero-order chi connectivity index (χ0) is 14.9. The van der Waals surface area contributed by atoms with Crippen molar-refractivity contribution in [1.29, 1.82) is 0 Å². The Morgan fingerprint density at radius 1 is 1.32 bits per heavy atom. The molecule has 0 saturated heterocycles. The van der Waals surface area contributed by atoms with Gasteiger partial charge in [-0.05, 0) is 18.2 Å². The summed E-state index contributed by atoms with van der Waals surface area (Å²) in [5.41, 5.74) is 1.38. The molecular weight excluding hydrogens is 302 g/mol. The van der Waals surface area contributed by atoms with E-state index in [9.17, 15) is 4.79 Å². The second-order valence-electron chi connectivity index (χ2n) is 4.87. The number of hydrogen-bond acceptors (Lipinski definition) is 5. The number of carbonyl (C=O) groups is 1. The molecule has 6 nitrogen and oxygen atoms in total. The molecule has 0 bridgehead atoms. The summed E-state index contributed by atoms with van der Waals surface area (Å²) < 4.78 is 12.9. The number of ether oxygens (including phenoxy) is 2. The largest absolute Gasteiger partial charge is 0.486 e. The van der Waals surface area contributed by atoms with Crippen molar-refractivity contribution >= 4 is 22.2 Å². The van der Waals surface area contributed by atoms with Crippen molar-refractivity contribution in [3.8, 4) is 11.5 Å². The highest BCUT2D eigenvalue weighted by Crippen LogP contribution is 2.30. The molecule has 22 heavy (non-hydrogen) atoms. The van der Waals surface area contributed by atoms with E-state index in [0.29, 0.717) is 36.8 Å². The second-order valence-corrected chi connectivity index (χ2v) is 5.74. The topological polar surface area (TPSA) is 64.9 Å². The molecule has 1 amide bonds. The molecule has 0 saturated carbocycles. The third-order valence-corrected chi connectivity index (χ3v) is 4.15. The number of hydrogen-bond donors (Lipinski definition) is 1. The summed E-state index contributed by atoms with van der Waals surface area (Å²) in [7, 11) is 0. The SMILES string of the molecule is O=C(NCc1cn2ccsc2n1)c1ccc2c(c1)OCCO2. The lowest BCUT2D eigenvalue weighted by Crippen LogP contribution is -2.23. The van der Waals surface area contributed by atoms with Gasteiger partial charge in [-0.1, -0.05) is 0 Å². The first-order valence-corrected chi connectivity index (χ1v) is 7.76. The molecule has 1 aromatic carbocycles. The van der Waals surface area contributed by atoms with Gasteiger partial charge >= 0.3 is 0 Å². The quantitative estimate of drug-likeness (QED) is 0.804. The Kier molecular flexibility index (Phi) is 3.19. The van der Waals surface area contributed by atoms with Crippen molar-refractivity contribution in [2.24, 2.45) is 0 Å². The molecule has 3 heterocycles. The van der Waals surface area contributed by atoms with Gasteiger partial charge in [0, 0.05) is 23.3 Å². The highest BCUT2D eigenvalue weighted by atomic mass is 32.1. The van der Waals surface area contributed by atoms with Crippen molar-refractivity contribution < 1.29 is 14.3 Å². The lowest BCUT2D eigenvalue weighted by molar-refractivity contribution is 0.0949. The Hall–Kier alpha value is -2.54. The summed E-state index contributed by atoms with van der Waals surface area (Å²) >= 11 is 1.56. The molecule has 112 valence electrons. The van der Waals surface area contributed by atoms with Crippen LogP contribution in [0.2, 0.25) is 0 Å². The number of fused-ring (bicyclic) bond motifs is 2. The maximum absolute atomic E-state index is 12.2. The number of amides is 1. The van der Waals surface area contributed by atoms with Crippen LogP contribution in [0.1, 0.15) is 16.1 Å². The van der Waals surface area contributed by atoms with Gasteiger partial charge in [0.1, 0.15) is 13.2 Å². The van der Waals surface area contributed by atoms with Gasteiger partial charge in [-0.2, -0.15) is 0 Å². The lowest BCUT2D eigenvalue weighted by Gasteiger charge is -2.18. The monoisotopic (exact) mass is 315 g/mol. The lowest BCUT2D eigenvalue weighted by atomic mass is 10.2. The van der Waals surface area contributed by atoms with E-state index in [1.165, 1.54) is 0 Å². The average molecular weight is 315 g/mol. The molecule has 0 aliphatic carbocycles. The standard InChI is InChI=1S/C15H13N3O3S/c19-14(10-1-2-12-13(7-10)21-5-4-20-12)16-8-11-9-18-3-6-22-15(18)17-11/h1-3,6-7,9H,4-5,8H2,(H,16,19). The summed E-state index contributed by atoms with van der Waals surface area (Å²) in [6.07, 6.45) is 3.86. The van der Waals surface area contributed by atoms with Crippen molar-refractivity contribution in [2.75, 3.05) is 13.2 Å². The summed E-state index contributed by atoms with van der Waals surface area (Å²) in [6, 6.07) is 5.19. The fraction of sp³-hybridized carbons (Fsp3) is 0.200. The van der Waals surface area contributed by atoms with Gasteiger partial charge in [0.25, 0.3) is 5.91 Å². The first kappa shape index (κ1) is 13.1. The summed E-state index contributed by atoms with van der Waals surface area (Å²) in [6.45, 7) is 1.43. The minimum Gasteiger partial charge on any atom is -0.486 e. The first-order valence-electron chi connectivity index (χ1n) is 6.88. The maximum atomic E-state index is 12.2. The van der Waals surface area contributed by atoms with Crippen LogP contribution in [0.5, 0.6) is 11.5 Å². The minimum atomic E-state index is -0.159. The molecule has 3 aromatic rings. The van der Waals surface area contributed by atoms with Crippen LogP contribution in [0, 0.1) is 0 Å². The fourth-order valence-corrected chi connectivity index (χ4v) is 3.04. The predicted octanol–water partition coefficient (Wildman–Crippen LogP) is 2.10. The van der Waals surface area contributed by atoms with Crippen molar-refractivity contribution in [3.05, 3.63) is 47.2 Å². The van der Waals surface area contributed by atoms with Crippen LogP contribution in [0.25, 0.3) is 4.96 Å². The van der Waals surface area contributed by atoms with Gasteiger partial charge in [0.05, 0.1) is 12.2 Å². The summed E-state index contributed by atoms with van der Waals surface area (Å²) in [5, 5.41) is 4.84. The predicted molar refractivity (Wildman–Crippen MR) is 81.7 cm³/mol. The number of aromatic nitrogens is 2. The molecule has 0 radical (unpaired) electrons. The molecule has 2 aromatic heterocycles. The number of carbonyl (C=O) groups excluding carboxylic acids is 1. The Morgan fingerprint density at radius 2 is 2.18 bits per heavy atom. The van der Waals surface area contributed by atoms with E-state index in [1.807, 2.05) is 22.2 Å². The average Bonchev–Trinajstić information content (AvgIpc) is 3.13. The Balaban J connectivity index is 1.46. The minimum absolute atomic E-state index is 0.159. The highest BCUT2D eigenvalue weighted by molar-refractivity contribution is 7.15. The molecule has 0 spiro atoms. The summed E-state index contributed by atoms with van der Waals surface area (Å²) in [4.78, 5) is 17.6. The highest BCUT2D eigenvalue weighted by Gasteiger charge is 2.15. The van der Waals surface area contributed by atoms with E-state index in [4.69, 9.17) is 9.47 Å². The molecular formula is C15H13N3O3S. The zero-order valence-corrected chi connectivity index (χ0v) is 12.4. The van der Waals surface area contributed by atoms with Gasteiger partial charge < -0.3 is 14.8 Å². The van der Waals surface area contributed by atoms with Crippen LogP contribution in [0.3, 0.4) is 0 Å².